The van der Waals surface area contributed by atoms with Gasteiger partial charge in [-0.05, 0) is 29.4 Å². The second-order valence-corrected chi connectivity index (χ2v) is 6.94. The Balaban J connectivity index is 1.94. The smallest absolute Gasteiger partial charge is 0.283 e. The van der Waals surface area contributed by atoms with E-state index in [0.717, 1.165) is 17.5 Å². The summed E-state index contributed by atoms with van der Waals surface area (Å²) < 4.78 is 4.23. The Morgan fingerprint density at radius 3 is 2.61 bits per heavy atom. The summed E-state index contributed by atoms with van der Waals surface area (Å²) in [7, 11) is 0. The number of amides is 1. The molecule has 1 amide bonds. The van der Waals surface area contributed by atoms with Crippen molar-refractivity contribution >= 4 is 51.9 Å². The Morgan fingerprint density at radius 2 is 2.00 bits per heavy atom. The van der Waals surface area contributed by atoms with E-state index in [-0.39, 0.29) is 17.3 Å². The number of amidine groups is 3. The number of nitrogens with one attached hydrogen (secondary N) is 1. The van der Waals surface area contributed by atoms with Gasteiger partial charge in [0, 0.05) is 0 Å². The van der Waals surface area contributed by atoms with E-state index >= 15 is 0 Å². The highest BCUT2D eigenvalue weighted by Crippen LogP contribution is 2.31. The molecule has 23 heavy (non-hydrogen) atoms. The molecule has 1 aromatic carbocycles. The van der Waals surface area contributed by atoms with E-state index in [1.165, 1.54) is 17.3 Å². The van der Waals surface area contributed by atoms with Gasteiger partial charge in [-0.15, -0.1) is 0 Å². The van der Waals surface area contributed by atoms with E-state index in [0.29, 0.717) is 16.3 Å². The van der Waals surface area contributed by atoms with Crippen LogP contribution in [0.5, 0.6) is 0 Å². The van der Waals surface area contributed by atoms with Gasteiger partial charge in [0.15, 0.2) is 5.17 Å². The topological polar surface area (TPSA) is 68.9 Å². The van der Waals surface area contributed by atoms with E-state index in [1.807, 2.05) is 30.5 Å². The number of fused-ring (bicyclic) bond motifs is 1. The predicted molar refractivity (Wildman–Crippen MR) is 99.1 cm³/mol. The number of carbonyl (C=O) groups is 1. The average molecular weight is 344 g/mol. The second-order valence-electron chi connectivity index (χ2n) is 5.43. The highest BCUT2D eigenvalue weighted by molar-refractivity contribution is 8.18. The second kappa shape index (κ2) is 6.33. The maximum atomic E-state index is 12.2. The fraction of sp³-hybridized carbons (Fsp3) is 0.250. The summed E-state index contributed by atoms with van der Waals surface area (Å²) in [6.45, 7) is 4.27. The molecule has 0 bridgehead atoms. The molecule has 1 aromatic rings. The number of benzene rings is 1. The van der Waals surface area contributed by atoms with Crippen LogP contribution in [0.1, 0.15) is 30.9 Å². The van der Waals surface area contributed by atoms with Gasteiger partial charge in [0.05, 0.1) is 17.5 Å². The third kappa shape index (κ3) is 2.98. The first kappa shape index (κ1) is 16.0. The number of hydrogen-bond acceptors (Lipinski definition) is 5. The normalized spacial score (nSPS) is 19.3. The first-order valence-corrected chi connectivity index (χ1v) is 9.14. The maximum absolute atomic E-state index is 12.2. The van der Waals surface area contributed by atoms with Crippen LogP contribution in [0.25, 0.3) is 6.08 Å². The van der Waals surface area contributed by atoms with Crippen LogP contribution in [-0.4, -0.2) is 33.2 Å². The van der Waals surface area contributed by atoms with Crippen molar-refractivity contribution in [2.75, 3.05) is 6.26 Å². The molecule has 7 heteroatoms. The summed E-state index contributed by atoms with van der Waals surface area (Å²) in [4.78, 5) is 17.9. The molecule has 0 aliphatic carbocycles. The van der Waals surface area contributed by atoms with E-state index in [2.05, 4.69) is 23.2 Å². The minimum atomic E-state index is -0.390. The van der Waals surface area contributed by atoms with Crippen LogP contribution in [0.2, 0.25) is 0 Å². The lowest BCUT2D eigenvalue weighted by molar-refractivity contribution is -0.114. The largest absolute Gasteiger partial charge is 0.283 e. The van der Waals surface area contributed by atoms with Crippen LogP contribution in [0.4, 0.5) is 0 Å². The first-order chi connectivity index (χ1) is 11.0. The Labute approximate surface area is 143 Å². The van der Waals surface area contributed by atoms with Gasteiger partial charge in [-0.1, -0.05) is 49.9 Å². The molecule has 0 atom stereocenters. The summed E-state index contributed by atoms with van der Waals surface area (Å²) in [6, 6.07) is 8.02. The third-order valence-electron chi connectivity index (χ3n) is 3.59. The average Bonchev–Trinajstić information content (AvgIpc) is 2.94. The molecule has 0 saturated carbocycles. The van der Waals surface area contributed by atoms with Crippen molar-refractivity contribution in [1.29, 1.82) is 5.41 Å². The molecule has 2 aliphatic rings. The van der Waals surface area contributed by atoms with Crippen LogP contribution in [0.3, 0.4) is 0 Å². The number of nitrogens with zero attached hydrogens (tertiary/aromatic N) is 3. The Morgan fingerprint density at radius 1 is 1.30 bits per heavy atom. The van der Waals surface area contributed by atoms with Crippen molar-refractivity contribution in [2.24, 2.45) is 9.39 Å². The molecule has 1 N–H and O–H groups in total. The predicted octanol–water partition coefficient (Wildman–Crippen LogP) is 3.75. The number of hydrogen-bond donors (Lipinski definition) is 1. The lowest BCUT2D eigenvalue weighted by Crippen LogP contribution is -2.41. The Hall–Kier alpha value is -1.86. The fourth-order valence-corrected chi connectivity index (χ4v) is 3.73. The summed E-state index contributed by atoms with van der Waals surface area (Å²) in [5, 5.41) is 9.47. The minimum Gasteiger partial charge on any atom is -0.283 e. The van der Waals surface area contributed by atoms with Crippen LogP contribution in [0.15, 0.2) is 39.2 Å². The van der Waals surface area contributed by atoms with Crippen LogP contribution >= 0.6 is 23.7 Å². The zero-order valence-corrected chi connectivity index (χ0v) is 14.7. The van der Waals surface area contributed by atoms with Crippen molar-refractivity contribution in [3.8, 4) is 0 Å². The zero-order chi connectivity index (χ0) is 16.6. The summed E-state index contributed by atoms with van der Waals surface area (Å²) in [5.41, 5.74) is 2.41. The highest BCUT2D eigenvalue weighted by atomic mass is 32.2. The molecule has 0 fully saturated rings. The molecule has 0 saturated heterocycles. The number of thioether (sulfide) groups is 1. The molecule has 0 radical (unpaired) electrons. The molecular formula is C16H16N4OS2. The van der Waals surface area contributed by atoms with E-state index < -0.39 is 0 Å². The Bertz CT molecular complexity index is 763. The standard InChI is InChI=1S/C16H16N4OS2/c1-9(2)11-6-4-10(5-7-11)8-12-13(17)20-15(18-14(12)21)23-19-16(20)22-3/h4-9,17H,1-3H3. The van der Waals surface area contributed by atoms with Crippen molar-refractivity contribution in [2.45, 2.75) is 19.8 Å². The molecule has 2 aliphatic heterocycles. The quantitative estimate of drug-likeness (QED) is 0.655. The lowest BCUT2D eigenvalue weighted by Gasteiger charge is -2.23. The van der Waals surface area contributed by atoms with Crippen molar-refractivity contribution in [1.82, 2.24) is 4.90 Å². The Kier molecular flexibility index (Phi) is 4.41. The molecule has 3 rings (SSSR count). The molecule has 5 nitrogen and oxygen atoms in total. The first-order valence-electron chi connectivity index (χ1n) is 7.14. The van der Waals surface area contributed by atoms with Gasteiger partial charge in [0.1, 0.15) is 5.84 Å². The van der Waals surface area contributed by atoms with Gasteiger partial charge in [-0.25, -0.2) is 4.90 Å². The van der Waals surface area contributed by atoms with Gasteiger partial charge < -0.3 is 0 Å². The van der Waals surface area contributed by atoms with Crippen LogP contribution < -0.4 is 0 Å². The van der Waals surface area contributed by atoms with Gasteiger partial charge in [0.2, 0.25) is 5.17 Å². The number of carbonyl (C=O) groups excluding carboxylic acids is 1. The van der Waals surface area contributed by atoms with Gasteiger partial charge in [-0.3, -0.25) is 10.2 Å². The van der Waals surface area contributed by atoms with Crippen LogP contribution in [-0.2, 0) is 4.79 Å². The minimum absolute atomic E-state index is 0.131. The molecule has 118 valence electrons. The lowest BCUT2D eigenvalue weighted by atomic mass is 10.0. The van der Waals surface area contributed by atoms with Gasteiger partial charge in [-0.2, -0.15) is 9.39 Å². The molecule has 0 unspecified atom stereocenters. The number of aliphatic imine (C=N–C) groups is 1. The van der Waals surface area contributed by atoms with E-state index in [9.17, 15) is 4.79 Å². The van der Waals surface area contributed by atoms with Crippen LogP contribution in [0, 0.1) is 5.41 Å². The monoisotopic (exact) mass is 344 g/mol. The molecule has 0 spiro atoms. The number of rotatable bonds is 2. The summed E-state index contributed by atoms with van der Waals surface area (Å²) in [6.07, 6.45) is 3.61. The van der Waals surface area contributed by atoms with Gasteiger partial charge >= 0.3 is 0 Å². The maximum Gasteiger partial charge on any atom is 0.283 e. The van der Waals surface area contributed by atoms with Crippen molar-refractivity contribution in [3.05, 3.63) is 41.0 Å². The third-order valence-corrected chi connectivity index (χ3v) is 5.05. The van der Waals surface area contributed by atoms with Gasteiger partial charge in [0.25, 0.3) is 5.91 Å². The van der Waals surface area contributed by atoms with Crippen molar-refractivity contribution < 1.29 is 4.79 Å². The van der Waals surface area contributed by atoms with Crippen molar-refractivity contribution in [3.63, 3.8) is 0 Å². The molecule has 2 heterocycles. The molecule has 0 aromatic heterocycles. The zero-order valence-electron chi connectivity index (χ0n) is 13.0. The fourth-order valence-electron chi connectivity index (χ4n) is 2.28. The SMILES string of the molecule is CSC1=NSC2=NC(=O)C(=Cc3ccc(C(C)C)cc3)C(=N)N12. The summed E-state index contributed by atoms with van der Waals surface area (Å²) in [5.74, 6) is 0.200. The highest BCUT2D eigenvalue weighted by Gasteiger charge is 2.36. The summed E-state index contributed by atoms with van der Waals surface area (Å²) >= 11 is 2.57. The van der Waals surface area contributed by atoms with E-state index in [1.54, 1.807) is 11.0 Å². The molecular weight excluding hydrogens is 328 g/mol. The van der Waals surface area contributed by atoms with E-state index in [4.69, 9.17) is 5.41 Å².